The quantitative estimate of drug-likeness (QED) is 0.868. The number of hydrogen-bond donors (Lipinski definition) is 2. The Labute approximate surface area is 125 Å². The number of piperidine rings is 1. The van der Waals surface area contributed by atoms with E-state index in [9.17, 15) is 13.5 Å². The number of fused-ring (bicyclic) bond motifs is 2. The average Bonchev–Trinajstić information content (AvgIpc) is 2.73. The molecule has 1 aromatic rings. The second-order valence-electron chi connectivity index (χ2n) is 6.12. The first-order valence-electron chi connectivity index (χ1n) is 7.47. The van der Waals surface area contributed by atoms with E-state index in [0.717, 1.165) is 24.0 Å². The standard InChI is InChI=1S/C15H22N2O3S/c16-9-11-1-3-12(4-2-11)10-21(19,20)17-13-5-6-14(17)8-15(18)7-13/h1-4,13-15,18H,5-10,16H2. The maximum absolute atomic E-state index is 12.7. The summed E-state index contributed by atoms with van der Waals surface area (Å²) in [6, 6.07) is 7.37. The Bertz CT molecular complexity index is 586. The van der Waals surface area contributed by atoms with Gasteiger partial charge < -0.3 is 10.8 Å². The molecule has 0 amide bonds. The van der Waals surface area contributed by atoms with Crippen LogP contribution < -0.4 is 5.73 Å². The Balaban J connectivity index is 1.77. The normalized spacial score (nSPS) is 29.7. The monoisotopic (exact) mass is 310 g/mol. The lowest BCUT2D eigenvalue weighted by Gasteiger charge is -2.36. The van der Waals surface area contributed by atoms with Crippen molar-refractivity contribution in [3.8, 4) is 0 Å². The summed E-state index contributed by atoms with van der Waals surface area (Å²) in [5.41, 5.74) is 7.34. The predicted molar refractivity (Wildman–Crippen MR) is 80.8 cm³/mol. The third kappa shape index (κ3) is 2.99. The van der Waals surface area contributed by atoms with Crippen molar-refractivity contribution in [3.05, 3.63) is 35.4 Å². The van der Waals surface area contributed by atoms with Crippen molar-refractivity contribution in [2.45, 2.75) is 56.2 Å². The van der Waals surface area contributed by atoms with Crippen LogP contribution in [0, 0.1) is 0 Å². The minimum absolute atomic E-state index is 0.0212. The smallest absolute Gasteiger partial charge is 0.218 e. The van der Waals surface area contributed by atoms with Gasteiger partial charge >= 0.3 is 0 Å². The van der Waals surface area contributed by atoms with Gasteiger partial charge in [0.2, 0.25) is 10.0 Å². The Morgan fingerprint density at radius 1 is 1.10 bits per heavy atom. The van der Waals surface area contributed by atoms with Crippen molar-refractivity contribution < 1.29 is 13.5 Å². The number of nitrogens with zero attached hydrogens (tertiary/aromatic N) is 1. The zero-order valence-electron chi connectivity index (χ0n) is 12.0. The molecule has 3 N–H and O–H groups in total. The van der Waals surface area contributed by atoms with Crippen LogP contribution in [-0.4, -0.2) is 36.0 Å². The van der Waals surface area contributed by atoms with Gasteiger partial charge in [0, 0.05) is 18.6 Å². The minimum Gasteiger partial charge on any atom is -0.393 e. The fourth-order valence-electron chi connectivity index (χ4n) is 3.62. The lowest BCUT2D eigenvalue weighted by molar-refractivity contribution is 0.0768. The van der Waals surface area contributed by atoms with Crippen molar-refractivity contribution in [1.29, 1.82) is 0 Å². The van der Waals surface area contributed by atoms with Crippen molar-refractivity contribution >= 4 is 10.0 Å². The van der Waals surface area contributed by atoms with Crippen molar-refractivity contribution in [3.63, 3.8) is 0 Å². The molecule has 2 heterocycles. The first kappa shape index (κ1) is 15.0. The van der Waals surface area contributed by atoms with Crippen molar-refractivity contribution in [2.75, 3.05) is 0 Å². The summed E-state index contributed by atoms with van der Waals surface area (Å²) < 4.78 is 27.1. The summed E-state index contributed by atoms with van der Waals surface area (Å²) in [4.78, 5) is 0. The Hall–Kier alpha value is -0.950. The van der Waals surface area contributed by atoms with Gasteiger partial charge in [-0.1, -0.05) is 24.3 Å². The van der Waals surface area contributed by atoms with Crippen molar-refractivity contribution in [2.24, 2.45) is 5.73 Å². The Morgan fingerprint density at radius 2 is 1.62 bits per heavy atom. The second kappa shape index (κ2) is 5.68. The molecule has 2 fully saturated rings. The van der Waals surface area contributed by atoms with Crippen LogP contribution in [0.25, 0.3) is 0 Å². The Morgan fingerprint density at radius 3 is 2.14 bits per heavy atom. The van der Waals surface area contributed by atoms with E-state index >= 15 is 0 Å². The van der Waals surface area contributed by atoms with E-state index in [1.807, 2.05) is 24.3 Å². The van der Waals surface area contributed by atoms with Crippen LogP contribution in [0.3, 0.4) is 0 Å². The molecule has 3 rings (SSSR count). The van der Waals surface area contributed by atoms with Crippen molar-refractivity contribution in [1.82, 2.24) is 4.31 Å². The van der Waals surface area contributed by atoms with Gasteiger partial charge in [0.1, 0.15) is 0 Å². The van der Waals surface area contributed by atoms with Crippen LogP contribution in [0.2, 0.25) is 0 Å². The molecule has 21 heavy (non-hydrogen) atoms. The highest BCUT2D eigenvalue weighted by atomic mass is 32.2. The molecular weight excluding hydrogens is 288 g/mol. The molecule has 0 saturated carbocycles. The average molecular weight is 310 g/mol. The van der Waals surface area contributed by atoms with Gasteiger partial charge in [0.05, 0.1) is 11.9 Å². The van der Waals surface area contributed by atoms with E-state index in [1.54, 1.807) is 4.31 Å². The van der Waals surface area contributed by atoms with Crippen LogP contribution in [0.15, 0.2) is 24.3 Å². The van der Waals surface area contributed by atoms with Gasteiger partial charge in [-0.3, -0.25) is 0 Å². The highest BCUT2D eigenvalue weighted by Gasteiger charge is 2.46. The van der Waals surface area contributed by atoms with Crippen LogP contribution >= 0.6 is 0 Å². The van der Waals surface area contributed by atoms with E-state index in [2.05, 4.69) is 0 Å². The van der Waals surface area contributed by atoms with Crippen LogP contribution in [0.5, 0.6) is 0 Å². The van der Waals surface area contributed by atoms with Gasteiger partial charge in [-0.2, -0.15) is 4.31 Å². The number of rotatable bonds is 4. The summed E-state index contributed by atoms with van der Waals surface area (Å²) >= 11 is 0. The largest absolute Gasteiger partial charge is 0.393 e. The molecular formula is C15H22N2O3S. The summed E-state index contributed by atoms with van der Waals surface area (Å²) in [6.45, 7) is 0.460. The zero-order valence-corrected chi connectivity index (χ0v) is 12.8. The van der Waals surface area contributed by atoms with Crippen LogP contribution in [-0.2, 0) is 22.3 Å². The number of benzene rings is 1. The van der Waals surface area contributed by atoms with Crippen LogP contribution in [0.1, 0.15) is 36.8 Å². The van der Waals surface area contributed by atoms with Gasteiger partial charge in [-0.05, 0) is 36.8 Å². The fourth-order valence-corrected chi connectivity index (χ4v) is 5.67. The molecule has 5 nitrogen and oxygen atoms in total. The highest BCUT2D eigenvalue weighted by Crippen LogP contribution is 2.38. The first-order valence-corrected chi connectivity index (χ1v) is 9.07. The maximum atomic E-state index is 12.7. The van der Waals surface area contributed by atoms with E-state index in [1.165, 1.54) is 0 Å². The minimum atomic E-state index is -3.32. The topological polar surface area (TPSA) is 83.6 Å². The van der Waals surface area contributed by atoms with Gasteiger partial charge in [-0.15, -0.1) is 0 Å². The maximum Gasteiger partial charge on any atom is 0.218 e. The molecule has 2 unspecified atom stereocenters. The van der Waals surface area contributed by atoms with Gasteiger partial charge in [-0.25, -0.2) is 8.42 Å². The molecule has 6 heteroatoms. The molecule has 2 aliphatic rings. The zero-order chi connectivity index (χ0) is 15.0. The molecule has 2 aliphatic heterocycles. The number of hydrogen-bond acceptors (Lipinski definition) is 4. The molecule has 2 atom stereocenters. The SMILES string of the molecule is NCc1ccc(CS(=O)(=O)N2C3CCC2CC(O)C3)cc1. The lowest BCUT2D eigenvalue weighted by Crippen LogP contribution is -2.48. The third-order valence-electron chi connectivity index (χ3n) is 4.57. The molecule has 2 saturated heterocycles. The summed E-state index contributed by atoms with van der Waals surface area (Å²) in [6.07, 6.45) is 2.53. The molecule has 0 aromatic heterocycles. The summed E-state index contributed by atoms with van der Waals surface area (Å²) in [5, 5.41) is 9.79. The van der Waals surface area contributed by atoms with E-state index in [0.29, 0.717) is 19.4 Å². The lowest BCUT2D eigenvalue weighted by atomic mass is 10.0. The number of aliphatic hydroxyl groups excluding tert-OH is 1. The molecule has 0 spiro atoms. The first-order chi connectivity index (χ1) is 9.99. The van der Waals surface area contributed by atoms with E-state index < -0.39 is 10.0 Å². The number of aliphatic hydroxyl groups is 1. The van der Waals surface area contributed by atoms with Crippen LogP contribution in [0.4, 0.5) is 0 Å². The molecule has 0 radical (unpaired) electrons. The third-order valence-corrected chi connectivity index (χ3v) is 6.51. The molecule has 1 aromatic carbocycles. The highest BCUT2D eigenvalue weighted by molar-refractivity contribution is 7.88. The van der Waals surface area contributed by atoms with E-state index in [4.69, 9.17) is 5.73 Å². The summed E-state index contributed by atoms with van der Waals surface area (Å²) in [7, 11) is -3.32. The molecule has 116 valence electrons. The second-order valence-corrected chi connectivity index (χ2v) is 7.99. The molecule has 0 aliphatic carbocycles. The predicted octanol–water partition coefficient (Wildman–Crippen LogP) is 0.963. The number of sulfonamides is 1. The fraction of sp³-hybridized carbons (Fsp3) is 0.600. The van der Waals surface area contributed by atoms with Gasteiger partial charge in [0.15, 0.2) is 0 Å². The molecule has 2 bridgehead atoms. The number of nitrogens with two attached hydrogens (primary N) is 1. The van der Waals surface area contributed by atoms with Gasteiger partial charge in [0.25, 0.3) is 0 Å². The Kier molecular flexibility index (Phi) is 4.05. The summed E-state index contributed by atoms with van der Waals surface area (Å²) in [5.74, 6) is 0.0287. The van der Waals surface area contributed by atoms with E-state index in [-0.39, 0.29) is 23.9 Å².